The number of benzene rings is 2. The van der Waals surface area contributed by atoms with Gasteiger partial charge < -0.3 is 4.57 Å². The first-order valence-corrected chi connectivity index (χ1v) is 10.3. The number of rotatable bonds is 6. The molecule has 3 aromatic rings. The Kier molecular flexibility index (Phi) is 5.48. The number of Topliss-reactive ketones (excluding diaryl/α,β-unsaturated/α-hetero) is 1. The van der Waals surface area contributed by atoms with E-state index in [2.05, 4.69) is 4.57 Å². The second kappa shape index (κ2) is 8.26. The third-order valence-electron chi connectivity index (χ3n) is 5.83. The van der Waals surface area contributed by atoms with Crippen LogP contribution in [-0.2, 0) is 9.59 Å². The molecule has 2 heterocycles. The Hall–Kier alpha value is -4.00. The highest BCUT2D eigenvalue weighted by Gasteiger charge is 2.43. The van der Waals surface area contributed by atoms with Gasteiger partial charge in [-0.1, -0.05) is 60.7 Å². The van der Waals surface area contributed by atoms with Gasteiger partial charge in [0.1, 0.15) is 0 Å². The molecule has 7 heteroatoms. The van der Waals surface area contributed by atoms with Crippen molar-refractivity contribution in [3.63, 3.8) is 0 Å². The number of aromatic nitrogens is 1. The van der Waals surface area contributed by atoms with Crippen molar-refractivity contribution in [2.45, 2.75) is 19.9 Å². The predicted octanol–water partition coefficient (Wildman–Crippen LogP) is 3.35. The largest absolute Gasteiger partial charge is 0.337 e. The Morgan fingerprint density at radius 1 is 0.844 bits per heavy atom. The summed E-state index contributed by atoms with van der Waals surface area (Å²) >= 11 is 0. The first-order valence-electron chi connectivity index (χ1n) is 10.3. The van der Waals surface area contributed by atoms with Crippen LogP contribution in [0.5, 0.6) is 0 Å². The normalized spacial score (nSPS) is 14.1. The third kappa shape index (κ3) is 3.51. The molecule has 0 saturated carbocycles. The monoisotopic (exact) mass is 429 g/mol. The van der Waals surface area contributed by atoms with Crippen molar-refractivity contribution in [2.24, 2.45) is 0 Å². The van der Waals surface area contributed by atoms with Crippen molar-refractivity contribution in [3.05, 3.63) is 94.8 Å². The molecule has 0 N–H and O–H groups in total. The van der Waals surface area contributed by atoms with Crippen LogP contribution < -0.4 is 0 Å². The zero-order valence-electron chi connectivity index (χ0n) is 18.1. The number of ketones is 1. The van der Waals surface area contributed by atoms with Crippen LogP contribution in [0, 0.1) is 13.8 Å². The van der Waals surface area contributed by atoms with E-state index in [-0.39, 0.29) is 6.04 Å². The zero-order chi connectivity index (χ0) is 23.0. The molecule has 162 valence electrons. The molecule has 4 amide bonds. The van der Waals surface area contributed by atoms with Gasteiger partial charge in [0, 0.05) is 24.0 Å². The number of likely N-dealkylation sites (N-methyl/N-ethyl adjacent to an activating group) is 1. The summed E-state index contributed by atoms with van der Waals surface area (Å²) in [6.45, 7) is 3.30. The van der Waals surface area contributed by atoms with E-state index in [9.17, 15) is 19.2 Å². The SMILES string of the molecule is Cc1cc(C(=O)CN2C(=O)C(=O)N(C)C2=O)c(C)n1C(c1ccccc1)c1ccccc1. The Bertz CT molecular complexity index is 1180. The van der Waals surface area contributed by atoms with E-state index in [1.54, 1.807) is 6.07 Å². The molecule has 1 fully saturated rings. The number of carbonyl (C=O) groups is 4. The lowest BCUT2D eigenvalue weighted by molar-refractivity contribution is -0.142. The molecule has 0 unspecified atom stereocenters. The van der Waals surface area contributed by atoms with Crippen LogP contribution in [0.1, 0.15) is 38.9 Å². The molecule has 4 rings (SSSR count). The van der Waals surface area contributed by atoms with Crippen molar-refractivity contribution in [1.29, 1.82) is 0 Å². The summed E-state index contributed by atoms with van der Waals surface area (Å²) in [7, 11) is 1.23. The fraction of sp³-hybridized carbons (Fsp3) is 0.200. The molecule has 7 nitrogen and oxygen atoms in total. The van der Waals surface area contributed by atoms with Gasteiger partial charge in [-0.15, -0.1) is 0 Å². The van der Waals surface area contributed by atoms with Crippen molar-refractivity contribution >= 4 is 23.6 Å². The number of nitrogens with zero attached hydrogens (tertiary/aromatic N) is 3. The summed E-state index contributed by atoms with van der Waals surface area (Å²) in [6.07, 6.45) is 0. The molecule has 1 aliphatic rings. The number of imide groups is 2. The zero-order valence-corrected chi connectivity index (χ0v) is 18.1. The number of hydrogen-bond acceptors (Lipinski definition) is 4. The highest BCUT2D eigenvalue weighted by atomic mass is 16.2. The fourth-order valence-corrected chi connectivity index (χ4v) is 4.20. The van der Waals surface area contributed by atoms with Gasteiger partial charge in [-0.25, -0.2) is 9.69 Å². The summed E-state index contributed by atoms with van der Waals surface area (Å²) < 4.78 is 2.09. The first kappa shape index (κ1) is 21.2. The topological polar surface area (TPSA) is 79.7 Å². The standard InChI is InChI=1S/C25H23N3O4/c1-16-14-20(21(29)15-27-24(31)23(30)26(3)25(27)32)17(2)28(16)22(18-10-6-4-7-11-18)19-12-8-5-9-13-19/h4-14,22H,15H2,1-3H3. The molecular weight excluding hydrogens is 406 g/mol. The van der Waals surface area contributed by atoms with Gasteiger partial charge in [-0.05, 0) is 31.0 Å². The van der Waals surface area contributed by atoms with E-state index in [0.717, 1.165) is 27.4 Å². The molecule has 1 aliphatic heterocycles. The lowest BCUT2D eigenvalue weighted by Gasteiger charge is -2.24. The maximum atomic E-state index is 13.1. The first-order chi connectivity index (χ1) is 15.3. The summed E-state index contributed by atoms with van der Waals surface area (Å²) in [5.41, 5.74) is 4.15. The average Bonchev–Trinajstić information content (AvgIpc) is 3.19. The van der Waals surface area contributed by atoms with E-state index in [1.807, 2.05) is 74.5 Å². The Morgan fingerprint density at radius 3 is 1.84 bits per heavy atom. The predicted molar refractivity (Wildman–Crippen MR) is 118 cm³/mol. The lowest BCUT2D eigenvalue weighted by Crippen LogP contribution is -2.36. The maximum absolute atomic E-state index is 13.1. The van der Waals surface area contributed by atoms with Gasteiger partial charge in [-0.2, -0.15) is 0 Å². The maximum Gasteiger partial charge on any atom is 0.334 e. The highest BCUT2D eigenvalue weighted by molar-refractivity contribution is 6.45. The van der Waals surface area contributed by atoms with Crippen molar-refractivity contribution in [3.8, 4) is 0 Å². The number of hydrogen-bond donors (Lipinski definition) is 0. The van der Waals surface area contributed by atoms with Gasteiger partial charge in [0.15, 0.2) is 5.78 Å². The average molecular weight is 429 g/mol. The van der Waals surface area contributed by atoms with Crippen molar-refractivity contribution in [2.75, 3.05) is 13.6 Å². The minimum absolute atomic E-state index is 0.151. The fourth-order valence-electron chi connectivity index (χ4n) is 4.20. The van der Waals surface area contributed by atoms with Crippen LogP contribution in [0.15, 0.2) is 66.7 Å². The van der Waals surface area contributed by atoms with Gasteiger partial charge >= 0.3 is 17.8 Å². The molecule has 0 radical (unpaired) electrons. The second-order valence-electron chi connectivity index (χ2n) is 7.84. The minimum Gasteiger partial charge on any atom is -0.337 e. The number of urea groups is 1. The highest BCUT2D eigenvalue weighted by Crippen LogP contribution is 2.32. The molecule has 0 atom stereocenters. The van der Waals surface area contributed by atoms with Crippen LogP contribution in [0.3, 0.4) is 0 Å². The van der Waals surface area contributed by atoms with Crippen molar-refractivity contribution in [1.82, 2.24) is 14.4 Å². The smallest absolute Gasteiger partial charge is 0.334 e. The molecule has 2 aromatic carbocycles. The van der Waals surface area contributed by atoms with Gasteiger partial charge in [0.05, 0.1) is 12.6 Å². The number of amides is 4. The number of aryl methyl sites for hydroxylation is 1. The Balaban J connectivity index is 1.73. The number of carbonyl (C=O) groups excluding carboxylic acids is 4. The molecule has 0 bridgehead atoms. The van der Waals surface area contributed by atoms with Crippen LogP contribution in [0.25, 0.3) is 0 Å². The van der Waals surface area contributed by atoms with Gasteiger partial charge in [0.25, 0.3) is 0 Å². The summed E-state index contributed by atoms with van der Waals surface area (Å²) in [5.74, 6) is -2.30. The van der Waals surface area contributed by atoms with E-state index < -0.39 is 30.2 Å². The van der Waals surface area contributed by atoms with Crippen molar-refractivity contribution < 1.29 is 19.2 Å². The van der Waals surface area contributed by atoms with Crippen LogP contribution in [0.2, 0.25) is 0 Å². The van der Waals surface area contributed by atoms with Crippen LogP contribution in [-0.4, -0.2) is 51.6 Å². The molecular formula is C25H23N3O4. The minimum atomic E-state index is -0.980. The van der Waals surface area contributed by atoms with E-state index >= 15 is 0 Å². The van der Waals surface area contributed by atoms with E-state index in [0.29, 0.717) is 10.5 Å². The summed E-state index contributed by atoms with van der Waals surface area (Å²) in [5, 5.41) is 0. The van der Waals surface area contributed by atoms with Gasteiger partial charge in [0.2, 0.25) is 0 Å². The second-order valence-corrected chi connectivity index (χ2v) is 7.84. The molecule has 0 spiro atoms. The van der Waals surface area contributed by atoms with Gasteiger partial charge in [-0.3, -0.25) is 19.3 Å². The van der Waals surface area contributed by atoms with E-state index in [4.69, 9.17) is 0 Å². The van der Waals surface area contributed by atoms with Crippen LogP contribution >= 0.6 is 0 Å². The quantitative estimate of drug-likeness (QED) is 0.342. The molecule has 1 aromatic heterocycles. The lowest BCUT2D eigenvalue weighted by atomic mass is 9.98. The molecule has 32 heavy (non-hydrogen) atoms. The van der Waals surface area contributed by atoms with Crippen LogP contribution in [0.4, 0.5) is 4.79 Å². The van der Waals surface area contributed by atoms with E-state index in [1.165, 1.54) is 7.05 Å². The third-order valence-corrected chi connectivity index (χ3v) is 5.83. The summed E-state index contributed by atoms with van der Waals surface area (Å²) in [6, 6.07) is 20.8. The summed E-state index contributed by atoms with van der Waals surface area (Å²) in [4.78, 5) is 50.6. The molecule has 0 aliphatic carbocycles. The Morgan fingerprint density at radius 2 is 1.38 bits per heavy atom. The molecule has 1 saturated heterocycles. The Labute approximate surface area is 185 Å².